The van der Waals surface area contributed by atoms with E-state index in [0.29, 0.717) is 19.1 Å². The van der Waals surface area contributed by atoms with Crippen LogP contribution in [0.1, 0.15) is 6.92 Å². The molecule has 0 saturated heterocycles. The van der Waals surface area contributed by atoms with Gasteiger partial charge in [-0.25, -0.2) is 0 Å². The van der Waals surface area contributed by atoms with E-state index in [0.717, 1.165) is 18.0 Å². The van der Waals surface area contributed by atoms with Crippen molar-refractivity contribution in [3.8, 4) is 11.5 Å². The first-order valence-electron chi connectivity index (χ1n) is 6.80. The van der Waals surface area contributed by atoms with Gasteiger partial charge in [0.2, 0.25) is 0 Å². The predicted molar refractivity (Wildman–Crippen MR) is 78.4 cm³/mol. The normalized spacial score (nSPS) is 13.8. The third-order valence-corrected chi connectivity index (χ3v) is 2.83. The molecule has 5 heteroatoms. The monoisotopic (exact) mass is 283 g/mol. The number of rotatable bonds is 10. The Hall–Kier alpha value is -1.30. The van der Waals surface area contributed by atoms with Gasteiger partial charge in [0.1, 0.15) is 24.2 Å². The van der Waals surface area contributed by atoms with Gasteiger partial charge in [0.15, 0.2) is 0 Å². The van der Waals surface area contributed by atoms with E-state index in [4.69, 9.17) is 14.2 Å². The number of benzene rings is 1. The predicted octanol–water partition coefficient (Wildman–Crippen LogP) is 1.31. The first-order valence-corrected chi connectivity index (χ1v) is 6.80. The molecule has 0 aliphatic carbocycles. The Balaban J connectivity index is 2.17. The van der Waals surface area contributed by atoms with Crippen molar-refractivity contribution in [3.63, 3.8) is 0 Å². The Morgan fingerprint density at radius 2 is 1.70 bits per heavy atom. The van der Waals surface area contributed by atoms with Gasteiger partial charge in [-0.1, -0.05) is 6.92 Å². The zero-order valence-corrected chi connectivity index (χ0v) is 12.5. The van der Waals surface area contributed by atoms with E-state index in [-0.39, 0.29) is 6.61 Å². The zero-order valence-electron chi connectivity index (χ0n) is 12.5. The van der Waals surface area contributed by atoms with Gasteiger partial charge in [0.05, 0.1) is 7.11 Å². The highest BCUT2D eigenvalue weighted by Crippen LogP contribution is 2.16. The van der Waals surface area contributed by atoms with Crippen LogP contribution < -0.4 is 14.8 Å². The topological polar surface area (TPSA) is 60.0 Å². The molecule has 0 radical (unpaired) electrons. The van der Waals surface area contributed by atoms with Gasteiger partial charge in [-0.15, -0.1) is 0 Å². The summed E-state index contributed by atoms with van der Waals surface area (Å²) in [5, 5.41) is 13.0. The molecule has 0 heterocycles. The van der Waals surface area contributed by atoms with Gasteiger partial charge in [-0.05, 0) is 36.7 Å². The van der Waals surface area contributed by atoms with Crippen LogP contribution in [-0.4, -0.2) is 51.7 Å². The summed E-state index contributed by atoms with van der Waals surface area (Å²) in [6, 6.07) is 7.29. The average Bonchev–Trinajstić information content (AvgIpc) is 2.46. The van der Waals surface area contributed by atoms with Crippen molar-refractivity contribution in [1.82, 2.24) is 5.32 Å². The van der Waals surface area contributed by atoms with E-state index in [2.05, 4.69) is 12.2 Å². The van der Waals surface area contributed by atoms with Crippen molar-refractivity contribution in [2.75, 3.05) is 40.5 Å². The molecular formula is C15H25NO4. The maximum absolute atomic E-state index is 9.81. The molecule has 114 valence electrons. The minimum atomic E-state index is -0.535. The Morgan fingerprint density at radius 1 is 1.05 bits per heavy atom. The maximum Gasteiger partial charge on any atom is 0.119 e. The molecule has 5 nitrogen and oxygen atoms in total. The molecule has 0 bridgehead atoms. The number of methoxy groups -OCH3 is 2. The molecule has 2 unspecified atom stereocenters. The summed E-state index contributed by atoms with van der Waals surface area (Å²) in [6.45, 7) is 4.39. The molecule has 0 aliphatic rings. The Bertz CT molecular complexity index is 355. The van der Waals surface area contributed by atoms with Crippen LogP contribution in [-0.2, 0) is 4.74 Å². The van der Waals surface area contributed by atoms with Crippen LogP contribution in [0.25, 0.3) is 0 Å². The quantitative estimate of drug-likeness (QED) is 0.678. The SMILES string of the molecule is COCC(C)CNCC(O)COc1ccc(OC)cc1. The van der Waals surface area contributed by atoms with Gasteiger partial charge >= 0.3 is 0 Å². The van der Waals surface area contributed by atoms with E-state index in [1.807, 2.05) is 24.3 Å². The van der Waals surface area contributed by atoms with Crippen LogP contribution in [0.4, 0.5) is 0 Å². The first-order chi connectivity index (χ1) is 9.65. The molecule has 1 aromatic rings. The molecule has 2 N–H and O–H groups in total. The lowest BCUT2D eigenvalue weighted by Crippen LogP contribution is -2.34. The standard InChI is InChI=1S/C15H25NO4/c1-12(10-18-2)8-16-9-13(17)11-20-15-6-4-14(19-3)5-7-15/h4-7,12-13,16-17H,8-11H2,1-3H3. The zero-order chi connectivity index (χ0) is 14.8. The summed E-state index contributed by atoms with van der Waals surface area (Å²) in [4.78, 5) is 0. The fourth-order valence-electron chi connectivity index (χ4n) is 1.76. The van der Waals surface area contributed by atoms with Crippen LogP contribution in [0.2, 0.25) is 0 Å². The van der Waals surface area contributed by atoms with E-state index < -0.39 is 6.10 Å². The molecule has 2 atom stereocenters. The molecule has 0 aliphatic heterocycles. The van der Waals surface area contributed by atoms with Crippen molar-refractivity contribution in [2.24, 2.45) is 5.92 Å². The lowest BCUT2D eigenvalue weighted by molar-refractivity contribution is 0.102. The highest BCUT2D eigenvalue weighted by Gasteiger charge is 2.07. The van der Waals surface area contributed by atoms with Crippen molar-refractivity contribution < 1.29 is 19.3 Å². The van der Waals surface area contributed by atoms with E-state index in [1.165, 1.54) is 0 Å². The van der Waals surface area contributed by atoms with E-state index >= 15 is 0 Å². The number of hydrogen-bond acceptors (Lipinski definition) is 5. The lowest BCUT2D eigenvalue weighted by Gasteiger charge is -2.15. The van der Waals surface area contributed by atoms with Crippen molar-refractivity contribution in [3.05, 3.63) is 24.3 Å². The average molecular weight is 283 g/mol. The summed E-state index contributed by atoms with van der Waals surface area (Å²) in [6.07, 6.45) is -0.535. The lowest BCUT2D eigenvalue weighted by atomic mass is 10.2. The maximum atomic E-state index is 9.81. The number of aliphatic hydroxyl groups excluding tert-OH is 1. The molecule has 0 spiro atoms. The van der Waals surface area contributed by atoms with Gasteiger partial charge in [-0.3, -0.25) is 0 Å². The Kier molecular flexibility index (Phi) is 8.02. The smallest absolute Gasteiger partial charge is 0.119 e. The van der Waals surface area contributed by atoms with Crippen LogP contribution >= 0.6 is 0 Å². The summed E-state index contributed by atoms with van der Waals surface area (Å²) in [7, 11) is 3.31. The van der Waals surface area contributed by atoms with E-state index in [9.17, 15) is 5.11 Å². The summed E-state index contributed by atoms with van der Waals surface area (Å²) in [5.74, 6) is 1.93. The second-order valence-corrected chi connectivity index (χ2v) is 4.86. The molecule has 1 rings (SSSR count). The Morgan fingerprint density at radius 3 is 2.30 bits per heavy atom. The van der Waals surface area contributed by atoms with Crippen LogP contribution in [0.3, 0.4) is 0 Å². The third-order valence-electron chi connectivity index (χ3n) is 2.83. The minimum absolute atomic E-state index is 0.262. The number of nitrogens with one attached hydrogen (secondary N) is 1. The highest BCUT2D eigenvalue weighted by atomic mass is 16.5. The number of hydrogen-bond donors (Lipinski definition) is 2. The van der Waals surface area contributed by atoms with Crippen LogP contribution in [0.5, 0.6) is 11.5 Å². The van der Waals surface area contributed by atoms with Gasteiger partial charge in [-0.2, -0.15) is 0 Å². The second-order valence-electron chi connectivity index (χ2n) is 4.86. The number of ether oxygens (including phenoxy) is 3. The molecule has 20 heavy (non-hydrogen) atoms. The molecule has 0 amide bonds. The molecule has 0 fully saturated rings. The summed E-state index contributed by atoms with van der Waals surface area (Å²) in [5.41, 5.74) is 0. The van der Waals surface area contributed by atoms with Crippen molar-refractivity contribution in [2.45, 2.75) is 13.0 Å². The van der Waals surface area contributed by atoms with Crippen LogP contribution in [0, 0.1) is 5.92 Å². The third kappa shape index (κ3) is 6.75. The minimum Gasteiger partial charge on any atom is -0.497 e. The molecule has 0 aromatic heterocycles. The summed E-state index contributed by atoms with van der Waals surface area (Å²) < 4.78 is 15.6. The van der Waals surface area contributed by atoms with Gasteiger partial charge in [0.25, 0.3) is 0 Å². The highest BCUT2D eigenvalue weighted by molar-refractivity contribution is 5.31. The fraction of sp³-hybridized carbons (Fsp3) is 0.600. The Labute approximate surface area is 120 Å². The van der Waals surface area contributed by atoms with Gasteiger partial charge < -0.3 is 24.6 Å². The van der Waals surface area contributed by atoms with Crippen molar-refractivity contribution in [1.29, 1.82) is 0 Å². The summed E-state index contributed by atoms with van der Waals surface area (Å²) >= 11 is 0. The first kappa shape index (κ1) is 16.8. The largest absolute Gasteiger partial charge is 0.497 e. The van der Waals surface area contributed by atoms with Gasteiger partial charge in [0, 0.05) is 20.3 Å². The van der Waals surface area contributed by atoms with Crippen LogP contribution in [0.15, 0.2) is 24.3 Å². The van der Waals surface area contributed by atoms with E-state index in [1.54, 1.807) is 14.2 Å². The molecule has 0 saturated carbocycles. The second kappa shape index (κ2) is 9.58. The fourth-order valence-corrected chi connectivity index (χ4v) is 1.76. The number of aliphatic hydroxyl groups is 1. The molecule has 1 aromatic carbocycles. The molecular weight excluding hydrogens is 258 g/mol. The van der Waals surface area contributed by atoms with Crippen molar-refractivity contribution >= 4 is 0 Å².